The quantitative estimate of drug-likeness (QED) is 0.0475. The number of nitrogens with zero attached hydrogens (tertiary/aromatic N) is 2. The van der Waals surface area contributed by atoms with Crippen LogP contribution in [0.4, 0.5) is 0 Å². The van der Waals surface area contributed by atoms with Crippen LogP contribution in [0.3, 0.4) is 0 Å². The number of piperidine rings is 2. The fraction of sp³-hybridized carbons (Fsp3) is 0.750. The first-order chi connectivity index (χ1) is 68.0. The van der Waals surface area contributed by atoms with Crippen molar-refractivity contribution in [3.05, 3.63) is 120 Å². The Kier molecular flexibility index (Phi) is 46.9. The molecule has 2 saturated carbocycles. The summed E-state index contributed by atoms with van der Waals surface area (Å²) in [6.07, 6.45) is 25.0. The molecule has 30 nitrogen and oxygen atoms in total. The number of carbonyl (C=O) groups excluding carboxylic acids is 8. The van der Waals surface area contributed by atoms with Crippen LogP contribution in [-0.2, 0) is 105 Å². The normalized spacial score (nSPS) is 40.5. The molecule has 812 valence electrons. The third-order valence-electron chi connectivity index (χ3n) is 32.7. The molecule has 32 heteroatoms. The van der Waals surface area contributed by atoms with E-state index in [9.17, 15) is 85.8 Å². The van der Waals surface area contributed by atoms with Crippen molar-refractivity contribution >= 4 is 66.6 Å². The molecular weight excluding hydrogens is 1890 g/mol. The summed E-state index contributed by atoms with van der Waals surface area (Å²) in [6.45, 7) is 34.9. The maximum atomic E-state index is 14.5. The molecule has 2 aliphatic carbocycles. The van der Waals surface area contributed by atoms with Gasteiger partial charge in [-0.3, -0.25) is 28.8 Å². The largest absolute Gasteiger partial charge is 0.460 e. The second-order valence-corrected chi connectivity index (χ2v) is 48.8. The van der Waals surface area contributed by atoms with Gasteiger partial charge in [-0.1, -0.05) is 155 Å². The Morgan fingerprint density at radius 1 is 0.444 bits per heavy atom. The van der Waals surface area contributed by atoms with Gasteiger partial charge in [-0.05, 0) is 263 Å². The molecule has 0 radical (unpaired) electrons. The molecule has 10 aliphatic rings. The number of sulfone groups is 2. The summed E-state index contributed by atoms with van der Waals surface area (Å²) in [5.41, 5.74) is 4.02. The number of allylic oxidation sites excluding steroid dienone is 12. The van der Waals surface area contributed by atoms with Crippen molar-refractivity contribution in [2.45, 2.75) is 396 Å². The van der Waals surface area contributed by atoms with Crippen molar-refractivity contribution in [1.29, 1.82) is 0 Å². The van der Waals surface area contributed by atoms with Crippen LogP contribution in [0.2, 0.25) is 0 Å². The van der Waals surface area contributed by atoms with Crippen molar-refractivity contribution in [3.8, 4) is 0 Å². The van der Waals surface area contributed by atoms with Gasteiger partial charge in [0.05, 0.1) is 84.1 Å². The van der Waals surface area contributed by atoms with Crippen LogP contribution in [-0.4, -0.2) is 290 Å². The number of cyclic esters (lactones) is 2. The van der Waals surface area contributed by atoms with E-state index in [0.717, 1.165) is 24.0 Å². The van der Waals surface area contributed by atoms with Crippen LogP contribution < -0.4 is 0 Å². The molecule has 32 unspecified atom stereocenters. The fourth-order valence-electron chi connectivity index (χ4n) is 22.8. The predicted octanol–water partition coefficient (Wildman–Crippen LogP) is 14.2. The van der Waals surface area contributed by atoms with Gasteiger partial charge >= 0.3 is 11.9 Å². The molecule has 32 atom stereocenters. The van der Waals surface area contributed by atoms with Gasteiger partial charge < -0.3 is 87.8 Å². The van der Waals surface area contributed by atoms with E-state index in [2.05, 4.69) is 39.2 Å². The highest BCUT2D eigenvalue weighted by Gasteiger charge is 2.56. The zero-order valence-electron chi connectivity index (χ0n) is 89.1. The van der Waals surface area contributed by atoms with E-state index in [1.54, 1.807) is 67.9 Å². The van der Waals surface area contributed by atoms with Gasteiger partial charge in [0, 0.05) is 90.9 Å². The monoisotopic (exact) mass is 2060 g/mol. The first-order valence-electron chi connectivity index (χ1n) is 53.3. The number of hydrogen-bond acceptors (Lipinski definition) is 28. The van der Waals surface area contributed by atoms with Gasteiger partial charge in [0.15, 0.2) is 19.7 Å². The number of ketones is 4. The lowest BCUT2D eigenvalue weighted by molar-refractivity contribution is -0.266. The highest BCUT2D eigenvalue weighted by atomic mass is 32.2. The number of aliphatic hydroxyl groups excluding tert-OH is 4. The second-order valence-electron chi connectivity index (χ2n) is 44.0. The number of hydrogen-bond donors (Lipinski definition) is 6. The molecule has 8 aliphatic heterocycles. The van der Waals surface area contributed by atoms with E-state index in [1.165, 1.54) is 24.0 Å². The summed E-state index contributed by atoms with van der Waals surface area (Å²) in [6, 6.07) is -2.34. The number of esters is 2. The van der Waals surface area contributed by atoms with Gasteiger partial charge in [0.25, 0.3) is 23.4 Å². The molecule has 0 aromatic rings. The Balaban J connectivity index is 0.000000321. The van der Waals surface area contributed by atoms with Crippen LogP contribution in [0.5, 0.6) is 0 Å². The van der Waals surface area contributed by atoms with Gasteiger partial charge in [0.2, 0.25) is 11.6 Å². The third kappa shape index (κ3) is 32.7. The van der Waals surface area contributed by atoms with Crippen LogP contribution in [0.1, 0.15) is 277 Å². The van der Waals surface area contributed by atoms with Crippen LogP contribution in [0.25, 0.3) is 0 Å². The molecule has 144 heavy (non-hydrogen) atoms. The van der Waals surface area contributed by atoms with Crippen molar-refractivity contribution in [2.75, 3.05) is 66.2 Å². The second kappa shape index (κ2) is 55.9. The maximum absolute atomic E-state index is 14.5. The molecule has 0 spiro atoms. The average Bonchev–Trinajstić information content (AvgIpc) is 0.977. The zero-order valence-corrected chi connectivity index (χ0v) is 90.7. The molecule has 8 fully saturated rings. The van der Waals surface area contributed by atoms with Gasteiger partial charge in [-0.15, -0.1) is 0 Å². The summed E-state index contributed by atoms with van der Waals surface area (Å²) >= 11 is 0. The first kappa shape index (κ1) is 121. The fourth-order valence-corrected chi connectivity index (χ4v) is 26.3. The summed E-state index contributed by atoms with van der Waals surface area (Å²) in [4.78, 5) is 118. The smallest absolute Gasteiger partial charge is 0.329 e. The molecule has 10 rings (SSSR count). The van der Waals surface area contributed by atoms with E-state index in [-0.39, 0.29) is 147 Å². The number of amides is 2. The molecule has 6 saturated heterocycles. The molecule has 0 aromatic carbocycles. The number of aliphatic hydroxyl groups is 6. The zero-order chi connectivity index (χ0) is 106. The summed E-state index contributed by atoms with van der Waals surface area (Å²) in [5.74, 6) is -14.5. The average molecular weight is 2060 g/mol. The van der Waals surface area contributed by atoms with E-state index in [0.29, 0.717) is 151 Å². The Morgan fingerprint density at radius 3 is 1.15 bits per heavy atom. The standard InChI is InChI=1S/2C56H87NO14S/c2*1-34-17-12-11-13-18-35(2)48(69-33-44-19-16-26-72(44,65)66)31-43-23-21-40(7)56(64,71-43)53(61)54(62)57-25-15-14-20-45(57)55(63)70-49(38(5)29-42-22-24-46(58)50(30-42)67-9)32-47(59)37(4)28-39(6)51(60)52(68-10)41(8)36(3)27-34/h2*11-13,17-18,28,34,36-38,40,42-46,48-52,58,60,64H,8,14-16,19-27,29-33H2,1-7,9-10H3/b2*13-11+,17-12+,35-18+,39-28+. The van der Waals surface area contributed by atoms with Gasteiger partial charge in [0.1, 0.15) is 60.3 Å². The Bertz CT molecular complexity index is 4530. The topological polar surface area (TPSA) is 425 Å². The molecule has 0 aromatic heterocycles. The summed E-state index contributed by atoms with van der Waals surface area (Å²) in [7, 11) is -0.437. The Labute approximate surface area is 857 Å². The summed E-state index contributed by atoms with van der Waals surface area (Å²) < 4.78 is 112. The van der Waals surface area contributed by atoms with E-state index in [1.807, 2.05) is 90.2 Å². The highest BCUT2D eigenvalue weighted by molar-refractivity contribution is 7.92. The van der Waals surface area contributed by atoms with Gasteiger partial charge in [-0.2, -0.15) is 0 Å². The minimum Gasteiger partial charge on any atom is -0.460 e. The lowest BCUT2D eigenvalue weighted by atomic mass is 9.78. The summed E-state index contributed by atoms with van der Waals surface area (Å²) in [5, 5.41) is 67.4. The highest BCUT2D eigenvalue weighted by Crippen LogP contribution is 2.43. The lowest BCUT2D eigenvalue weighted by Gasteiger charge is -2.43. The van der Waals surface area contributed by atoms with Crippen LogP contribution in [0.15, 0.2) is 120 Å². The Morgan fingerprint density at radius 2 is 0.812 bits per heavy atom. The van der Waals surface area contributed by atoms with Crippen molar-refractivity contribution < 1.29 is 133 Å². The molecule has 2 amide bonds. The molecule has 8 heterocycles. The number of Topliss-reactive ketones (excluding diaryl/α,β-unsaturated/α-hetero) is 4. The maximum Gasteiger partial charge on any atom is 0.329 e. The third-order valence-corrected chi connectivity index (χ3v) is 37.2. The number of ether oxygens (including phenoxy) is 10. The van der Waals surface area contributed by atoms with Crippen LogP contribution >= 0.6 is 0 Å². The molecular formula is C112H174N2O28S2. The van der Waals surface area contributed by atoms with Gasteiger partial charge in [-0.25, -0.2) is 26.4 Å². The number of fused-ring (bicyclic) bond motifs is 6. The number of rotatable bonds is 16. The SMILES string of the molecule is C=C1C(C)CC(C)/C=C/C=C/C=C(\C)C(OCC2CCCS2(=O)=O)CC2CCC(C)C(O)(O2)C(=O)C(=O)N2CCCCC2C(=O)OC(C(C)CC2CCC(O)C(OC)C2)CC(=O)C(C)/C=C(\C)C(O)C1OC.C=C1C(C)CC(C)/C=C/C=C/C=C(\C)C(OCC2CCCS2(=O)=O)CC2CCC(C)C(O)(O2)C(=O)C(=O)N2CCCCC2C(=O)OC(C(C)CC2CCC(O)C(OC)C2)CC(=O)C(C)/C=C(\C)C(O)C1OC. The lowest BCUT2D eigenvalue weighted by Crippen LogP contribution is -2.61. The predicted molar refractivity (Wildman–Crippen MR) is 550 cm³/mol. The molecule has 4 bridgehead atoms. The minimum atomic E-state index is -3.31. The minimum absolute atomic E-state index is 0.0251. The van der Waals surface area contributed by atoms with Crippen molar-refractivity contribution in [3.63, 3.8) is 0 Å². The van der Waals surface area contributed by atoms with Crippen LogP contribution in [0, 0.1) is 71.0 Å². The first-order valence-corrected chi connectivity index (χ1v) is 56.7. The van der Waals surface area contributed by atoms with E-state index >= 15 is 0 Å². The number of carbonyl (C=O) groups is 8. The van der Waals surface area contributed by atoms with E-state index in [4.69, 9.17) is 47.4 Å². The van der Waals surface area contributed by atoms with Crippen molar-refractivity contribution in [2.24, 2.45) is 71.0 Å². The van der Waals surface area contributed by atoms with Crippen molar-refractivity contribution in [1.82, 2.24) is 9.80 Å². The Hall–Kier alpha value is -6.70. The molecule has 6 N–H and O–H groups in total. The van der Waals surface area contributed by atoms with E-state index < -0.39 is 186 Å². The number of methoxy groups -OCH3 is 4.